The maximum Gasteiger partial charge on any atom is 0.266 e. The fourth-order valence-corrected chi connectivity index (χ4v) is 2.51. The summed E-state index contributed by atoms with van der Waals surface area (Å²) in [4.78, 5) is 31.2. The fraction of sp³-hybridized carbons (Fsp3) is 0.154. The number of benzene rings is 1. The third-order valence-corrected chi connectivity index (χ3v) is 3.81. The molecule has 1 amide bonds. The zero-order valence-corrected chi connectivity index (χ0v) is 13.2. The highest BCUT2D eigenvalue weighted by atomic mass is 127. The van der Waals surface area contributed by atoms with Gasteiger partial charge in [-0.2, -0.15) is 0 Å². The van der Waals surface area contributed by atoms with Crippen molar-refractivity contribution in [1.29, 1.82) is 0 Å². The van der Waals surface area contributed by atoms with Crippen LogP contribution in [-0.2, 0) is 11.3 Å². The molecule has 110 valence electrons. The molecular weight excluding hydrogens is 385 g/mol. The first-order valence-electron chi connectivity index (χ1n) is 6.09. The SMILES string of the molecule is NC(=O)CN(Cc1ccccc1N)c1nc[nH]c(=O)c1I. The van der Waals surface area contributed by atoms with Crippen LogP contribution in [0, 0.1) is 3.57 Å². The Hall–Kier alpha value is -2.10. The van der Waals surface area contributed by atoms with E-state index < -0.39 is 5.91 Å². The molecule has 2 rings (SSSR count). The topological polar surface area (TPSA) is 118 Å². The van der Waals surface area contributed by atoms with E-state index in [9.17, 15) is 9.59 Å². The fourth-order valence-electron chi connectivity index (χ4n) is 1.87. The first-order chi connectivity index (χ1) is 9.99. The summed E-state index contributed by atoms with van der Waals surface area (Å²) in [6.07, 6.45) is 1.29. The van der Waals surface area contributed by atoms with E-state index in [-0.39, 0.29) is 12.1 Å². The van der Waals surface area contributed by atoms with Crippen molar-refractivity contribution >= 4 is 40.0 Å². The quantitative estimate of drug-likeness (QED) is 0.499. The molecule has 0 saturated heterocycles. The zero-order valence-electron chi connectivity index (χ0n) is 11.0. The largest absolute Gasteiger partial charge is 0.398 e. The van der Waals surface area contributed by atoms with Gasteiger partial charge in [-0.25, -0.2) is 4.98 Å². The molecule has 0 fully saturated rings. The summed E-state index contributed by atoms with van der Waals surface area (Å²) in [5.41, 5.74) is 12.4. The van der Waals surface area contributed by atoms with Crippen molar-refractivity contribution in [2.24, 2.45) is 5.73 Å². The van der Waals surface area contributed by atoms with Gasteiger partial charge in [0, 0.05) is 12.2 Å². The number of rotatable bonds is 5. The van der Waals surface area contributed by atoms with E-state index in [4.69, 9.17) is 11.5 Å². The van der Waals surface area contributed by atoms with Crippen LogP contribution in [-0.4, -0.2) is 22.4 Å². The van der Waals surface area contributed by atoms with E-state index in [1.54, 1.807) is 11.0 Å². The molecule has 0 radical (unpaired) electrons. The predicted octanol–water partition coefficient (Wildman–Crippen LogP) is 0.449. The molecule has 7 nitrogen and oxygen atoms in total. The third kappa shape index (κ3) is 3.72. The third-order valence-electron chi connectivity index (χ3n) is 2.84. The maximum absolute atomic E-state index is 11.7. The molecule has 2 aromatic rings. The number of amides is 1. The first kappa shape index (κ1) is 15.3. The van der Waals surface area contributed by atoms with Crippen LogP contribution in [0.3, 0.4) is 0 Å². The van der Waals surface area contributed by atoms with E-state index in [1.165, 1.54) is 6.33 Å². The number of hydrogen-bond donors (Lipinski definition) is 3. The second-order valence-electron chi connectivity index (χ2n) is 4.39. The van der Waals surface area contributed by atoms with Crippen LogP contribution < -0.4 is 21.9 Å². The van der Waals surface area contributed by atoms with Crippen LogP contribution in [0.25, 0.3) is 0 Å². The molecule has 21 heavy (non-hydrogen) atoms. The number of primary amides is 1. The molecule has 0 atom stereocenters. The van der Waals surface area contributed by atoms with Crippen LogP contribution in [0.1, 0.15) is 5.56 Å². The number of hydrogen-bond acceptors (Lipinski definition) is 5. The molecule has 1 aromatic heterocycles. The summed E-state index contributed by atoms with van der Waals surface area (Å²) < 4.78 is 0.394. The van der Waals surface area contributed by atoms with Crippen LogP contribution in [0.2, 0.25) is 0 Å². The highest BCUT2D eigenvalue weighted by Gasteiger charge is 2.17. The van der Waals surface area contributed by atoms with Crippen molar-refractivity contribution in [3.8, 4) is 0 Å². The Labute approximate surface area is 134 Å². The van der Waals surface area contributed by atoms with E-state index in [1.807, 2.05) is 40.8 Å². The van der Waals surface area contributed by atoms with Gasteiger partial charge in [0.15, 0.2) is 0 Å². The van der Waals surface area contributed by atoms with Gasteiger partial charge in [-0.15, -0.1) is 0 Å². The van der Waals surface area contributed by atoms with Gasteiger partial charge in [-0.1, -0.05) is 18.2 Å². The average molecular weight is 399 g/mol. The van der Waals surface area contributed by atoms with E-state index in [2.05, 4.69) is 9.97 Å². The molecule has 0 unspecified atom stereocenters. The van der Waals surface area contributed by atoms with Crippen molar-refractivity contribution in [1.82, 2.24) is 9.97 Å². The minimum Gasteiger partial charge on any atom is -0.398 e. The molecule has 0 spiro atoms. The second-order valence-corrected chi connectivity index (χ2v) is 5.47. The number of nitrogens with one attached hydrogen (secondary N) is 1. The standard InChI is InChI=1S/C13H14IN5O2/c14-11-12(17-7-18-13(11)21)19(6-10(16)20)5-8-3-1-2-4-9(8)15/h1-4,7H,5-6,15H2,(H2,16,20)(H,17,18,21). The van der Waals surface area contributed by atoms with Gasteiger partial charge in [-0.05, 0) is 34.2 Å². The number of H-pyrrole nitrogens is 1. The minimum atomic E-state index is -0.512. The van der Waals surface area contributed by atoms with Gasteiger partial charge in [0.1, 0.15) is 9.39 Å². The molecule has 8 heteroatoms. The average Bonchev–Trinajstić information content (AvgIpc) is 2.43. The number of para-hydroxylation sites is 1. The zero-order chi connectivity index (χ0) is 15.4. The molecule has 0 aliphatic carbocycles. The Bertz CT molecular complexity index is 716. The molecule has 1 aromatic carbocycles. The van der Waals surface area contributed by atoms with Crippen molar-refractivity contribution in [3.63, 3.8) is 0 Å². The molecule has 5 N–H and O–H groups in total. The Balaban J connectivity index is 2.39. The highest BCUT2D eigenvalue weighted by Crippen LogP contribution is 2.20. The number of anilines is 2. The monoisotopic (exact) mass is 399 g/mol. The summed E-state index contributed by atoms with van der Waals surface area (Å²) in [5, 5.41) is 0. The number of aromatic amines is 1. The van der Waals surface area contributed by atoms with Crippen molar-refractivity contribution in [2.45, 2.75) is 6.54 Å². The number of nitrogen functional groups attached to an aromatic ring is 1. The molecular formula is C13H14IN5O2. The van der Waals surface area contributed by atoms with Gasteiger partial charge in [0.25, 0.3) is 5.56 Å². The van der Waals surface area contributed by atoms with Crippen LogP contribution in [0.4, 0.5) is 11.5 Å². The van der Waals surface area contributed by atoms with Gasteiger partial charge < -0.3 is 21.4 Å². The van der Waals surface area contributed by atoms with Crippen molar-refractivity contribution < 1.29 is 4.79 Å². The van der Waals surface area contributed by atoms with E-state index in [0.717, 1.165) is 5.56 Å². The van der Waals surface area contributed by atoms with Gasteiger partial charge in [-0.3, -0.25) is 9.59 Å². The van der Waals surface area contributed by atoms with Gasteiger partial charge >= 0.3 is 0 Å². The van der Waals surface area contributed by atoms with Crippen molar-refractivity contribution in [2.75, 3.05) is 17.2 Å². The lowest BCUT2D eigenvalue weighted by molar-refractivity contribution is -0.116. The number of nitrogens with zero attached hydrogens (tertiary/aromatic N) is 2. The summed E-state index contributed by atoms with van der Waals surface area (Å²) in [7, 11) is 0. The van der Waals surface area contributed by atoms with Crippen LogP contribution >= 0.6 is 22.6 Å². The minimum absolute atomic E-state index is 0.0548. The summed E-state index contributed by atoms with van der Waals surface area (Å²) >= 11 is 1.89. The Morgan fingerprint density at radius 2 is 2.10 bits per heavy atom. The van der Waals surface area contributed by atoms with Crippen molar-refractivity contribution in [3.05, 3.63) is 50.1 Å². The molecule has 0 aliphatic heterocycles. The molecule has 0 saturated carbocycles. The summed E-state index contributed by atoms with van der Waals surface area (Å²) in [6, 6.07) is 7.30. The Morgan fingerprint density at radius 1 is 1.38 bits per heavy atom. The highest BCUT2D eigenvalue weighted by molar-refractivity contribution is 14.1. The lowest BCUT2D eigenvalue weighted by atomic mass is 10.1. The Morgan fingerprint density at radius 3 is 2.76 bits per heavy atom. The summed E-state index contributed by atoms with van der Waals surface area (Å²) in [6.45, 7) is 0.281. The number of aromatic nitrogens is 2. The smallest absolute Gasteiger partial charge is 0.266 e. The first-order valence-corrected chi connectivity index (χ1v) is 7.16. The number of carbonyl (C=O) groups is 1. The number of nitrogens with two attached hydrogens (primary N) is 2. The maximum atomic E-state index is 11.7. The molecule has 0 aliphatic rings. The van der Waals surface area contributed by atoms with Crippen LogP contribution in [0.5, 0.6) is 0 Å². The number of carbonyl (C=O) groups excluding carboxylic acids is 1. The predicted molar refractivity (Wildman–Crippen MR) is 88.7 cm³/mol. The summed E-state index contributed by atoms with van der Waals surface area (Å²) in [5.74, 6) is -0.108. The van der Waals surface area contributed by atoms with E-state index >= 15 is 0 Å². The normalized spacial score (nSPS) is 10.3. The molecule has 1 heterocycles. The van der Waals surface area contributed by atoms with Gasteiger partial charge in [0.2, 0.25) is 5.91 Å². The van der Waals surface area contributed by atoms with Crippen LogP contribution in [0.15, 0.2) is 35.4 Å². The second kappa shape index (κ2) is 6.57. The Kier molecular flexibility index (Phi) is 4.78. The molecule has 0 bridgehead atoms. The van der Waals surface area contributed by atoms with E-state index in [0.29, 0.717) is 21.6 Å². The lowest BCUT2D eigenvalue weighted by Gasteiger charge is -2.23. The lowest BCUT2D eigenvalue weighted by Crippen LogP contribution is -2.35. The van der Waals surface area contributed by atoms with Gasteiger partial charge in [0.05, 0.1) is 12.9 Å². The number of halogens is 1.